The summed E-state index contributed by atoms with van der Waals surface area (Å²) in [5.74, 6) is 2.36. The van der Waals surface area contributed by atoms with Gasteiger partial charge < -0.3 is 19.7 Å². The summed E-state index contributed by atoms with van der Waals surface area (Å²) in [6.45, 7) is 9.33. The van der Waals surface area contributed by atoms with E-state index >= 15 is 0 Å². The third kappa shape index (κ3) is 7.41. The number of hydrogen-bond acceptors (Lipinski definition) is 8. The van der Waals surface area contributed by atoms with Gasteiger partial charge in [0.25, 0.3) is 0 Å². The molecule has 1 aliphatic rings. The molecule has 1 aliphatic heterocycles. The van der Waals surface area contributed by atoms with Crippen LogP contribution in [0.4, 0.5) is 11.5 Å². The highest BCUT2D eigenvalue weighted by molar-refractivity contribution is 7.92. The molecule has 0 radical (unpaired) electrons. The van der Waals surface area contributed by atoms with E-state index in [1.165, 1.54) is 6.20 Å². The predicted molar refractivity (Wildman–Crippen MR) is 155 cm³/mol. The highest BCUT2D eigenvalue weighted by Crippen LogP contribution is 2.32. The molecule has 2 aromatic carbocycles. The molecule has 3 aromatic rings. The smallest absolute Gasteiger partial charge is 0.182 e. The number of sulfone groups is 1. The molecule has 0 bridgehead atoms. The highest BCUT2D eigenvalue weighted by atomic mass is 35.5. The van der Waals surface area contributed by atoms with Crippen molar-refractivity contribution in [1.29, 1.82) is 0 Å². The summed E-state index contributed by atoms with van der Waals surface area (Å²) < 4.78 is 38.2. The van der Waals surface area contributed by atoms with Crippen LogP contribution in [-0.4, -0.2) is 60.9 Å². The molecule has 0 amide bonds. The first-order valence-corrected chi connectivity index (χ1v) is 15.2. The van der Waals surface area contributed by atoms with Crippen LogP contribution in [0.15, 0.2) is 53.6 Å². The third-order valence-electron chi connectivity index (χ3n) is 6.58. The van der Waals surface area contributed by atoms with Gasteiger partial charge in [-0.05, 0) is 65.8 Å². The third-order valence-corrected chi connectivity index (χ3v) is 9.07. The number of rotatable bonds is 10. The number of piperidine rings is 1. The molecular weight excluding hydrogens is 536 g/mol. The molecule has 4 rings (SSSR count). The fourth-order valence-electron chi connectivity index (χ4n) is 4.36. The normalized spacial score (nSPS) is 15.1. The predicted octanol–water partition coefficient (Wildman–Crippen LogP) is 5.91. The van der Waals surface area contributed by atoms with E-state index in [4.69, 9.17) is 21.1 Å². The zero-order valence-electron chi connectivity index (χ0n) is 23.1. The van der Waals surface area contributed by atoms with Gasteiger partial charge in [0.2, 0.25) is 0 Å². The Morgan fingerprint density at radius 2 is 1.82 bits per heavy atom. The summed E-state index contributed by atoms with van der Waals surface area (Å²) in [7, 11) is -1.38. The molecule has 0 unspecified atom stereocenters. The number of hydrogen-bond donors (Lipinski definition) is 1. The van der Waals surface area contributed by atoms with Crippen LogP contribution in [-0.2, 0) is 16.3 Å². The summed E-state index contributed by atoms with van der Waals surface area (Å²) in [4.78, 5) is 11.6. The molecule has 1 saturated heterocycles. The molecule has 0 spiro atoms. The van der Waals surface area contributed by atoms with Crippen LogP contribution in [0.1, 0.15) is 51.9 Å². The van der Waals surface area contributed by atoms with Crippen molar-refractivity contribution in [2.45, 2.75) is 69.3 Å². The van der Waals surface area contributed by atoms with Crippen LogP contribution in [0.2, 0.25) is 5.02 Å². The minimum absolute atomic E-state index is 0.0231. The highest BCUT2D eigenvalue weighted by Gasteiger charge is 2.23. The van der Waals surface area contributed by atoms with E-state index in [1.807, 2.05) is 32.0 Å². The molecule has 39 heavy (non-hydrogen) atoms. The van der Waals surface area contributed by atoms with Gasteiger partial charge in [-0.1, -0.05) is 29.8 Å². The van der Waals surface area contributed by atoms with Crippen molar-refractivity contribution in [3.05, 3.63) is 65.1 Å². The van der Waals surface area contributed by atoms with E-state index < -0.39 is 15.1 Å². The number of aromatic nitrogens is 2. The maximum atomic E-state index is 12.9. The van der Waals surface area contributed by atoms with E-state index in [2.05, 4.69) is 27.2 Å². The van der Waals surface area contributed by atoms with Gasteiger partial charge in [-0.15, -0.1) is 0 Å². The Balaban J connectivity index is 1.58. The van der Waals surface area contributed by atoms with Crippen LogP contribution >= 0.6 is 11.6 Å². The molecular formula is C29H37ClN4O4S. The Bertz CT molecular complexity index is 1390. The van der Waals surface area contributed by atoms with Gasteiger partial charge >= 0.3 is 0 Å². The summed E-state index contributed by atoms with van der Waals surface area (Å²) in [6, 6.07) is 12.6. The van der Waals surface area contributed by atoms with Crippen molar-refractivity contribution in [2.75, 3.05) is 25.5 Å². The van der Waals surface area contributed by atoms with Crippen molar-refractivity contribution in [3.8, 4) is 11.5 Å². The molecule has 2 heterocycles. The number of likely N-dealkylation sites (tertiary alicyclic amines) is 1. The zero-order valence-corrected chi connectivity index (χ0v) is 24.7. The number of halogens is 1. The second-order valence-corrected chi connectivity index (χ2v) is 13.3. The first-order valence-electron chi connectivity index (χ1n) is 13.3. The number of nitrogens with zero attached hydrogens (tertiary/aromatic N) is 3. The van der Waals surface area contributed by atoms with Gasteiger partial charge in [0.05, 0.1) is 28.1 Å². The molecule has 1 aromatic heterocycles. The van der Waals surface area contributed by atoms with Crippen LogP contribution in [0, 0.1) is 0 Å². The van der Waals surface area contributed by atoms with Crippen molar-refractivity contribution < 1.29 is 17.9 Å². The lowest BCUT2D eigenvalue weighted by Gasteiger charge is -2.29. The Kier molecular flexibility index (Phi) is 9.35. The average Bonchev–Trinajstić information content (AvgIpc) is 2.88. The lowest BCUT2D eigenvalue weighted by molar-refractivity contribution is 0.114. The Hall–Kier alpha value is -2.88. The molecule has 1 N–H and O–H groups in total. The van der Waals surface area contributed by atoms with Crippen molar-refractivity contribution >= 4 is 32.9 Å². The van der Waals surface area contributed by atoms with Crippen molar-refractivity contribution in [3.63, 3.8) is 0 Å². The van der Waals surface area contributed by atoms with E-state index in [1.54, 1.807) is 38.1 Å². The first kappa shape index (κ1) is 29.1. The van der Waals surface area contributed by atoms with Crippen LogP contribution in [0.5, 0.6) is 11.5 Å². The van der Waals surface area contributed by atoms with E-state index in [9.17, 15) is 8.42 Å². The number of nitrogens with one attached hydrogen (secondary N) is 1. The van der Waals surface area contributed by atoms with E-state index in [-0.39, 0.29) is 22.1 Å². The maximum absolute atomic E-state index is 12.9. The largest absolute Gasteiger partial charge is 0.491 e. The summed E-state index contributed by atoms with van der Waals surface area (Å²) in [6.07, 6.45) is 4.07. The average molecular weight is 573 g/mol. The first-order chi connectivity index (χ1) is 18.5. The van der Waals surface area contributed by atoms with Crippen LogP contribution < -0.4 is 14.8 Å². The second-order valence-electron chi connectivity index (χ2n) is 10.4. The Morgan fingerprint density at radius 1 is 1.10 bits per heavy atom. The zero-order chi connectivity index (χ0) is 28.2. The Morgan fingerprint density at radius 3 is 2.51 bits per heavy atom. The molecule has 0 atom stereocenters. The van der Waals surface area contributed by atoms with E-state index in [0.717, 1.165) is 43.0 Å². The molecule has 210 valence electrons. The maximum Gasteiger partial charge on any atom is 0.182 e. The number of anilines is 2. The molecule has 1 fully saturated rings. The second kappa shape index (κ2) is 12.5. The number of ether oxygens (including phenoxy) is 2. The lowest BCUT2D eigenvalue weighted by atomic mass is 10.1. The van der Waals surface area contributed by atoms with Crippen LogP contribution in [0.25, 0.3) is 0 Å². The van der Waals surface area contributed by atoms with Gasteiger partial charge in [0, 0.05) is 31.1 Å². The standard InChI is InChI=1S/C29H37ClN4O4S/c1-19(2)37-26-17-23(38-22-12-14-34(5)15-13-22)11-10-21(26)16-28-31-18-24(30)29(33-28)32-25-8-6-7-9-27(25)39(35,36)20(3)4/h6-11,17-20,22H,12-16H2,1-5H3,(H,31,32,33). The summed E-state index contributed by atoms with van der Waals surface area (Å²) in [5, 5.41) is 2.84. The van der Waals surface area contributed by atoms with Gasteiger partial charge in [0.15, 0.2) is 15.7 Å². The summed E-state index contributed by atoms with van der Waals surface area (Å²) in [5.41, 5.74) is 1.33. The van der Waals surface area contributed by atoms with Crippen molar-refractivity contribution in [1.82, 2.24) is 14.9 Å². The molecule has 0 aliphatic carbocycles. The van der Waals surface area contributed by atoms with Gasteiger partial charge in [-0.3, -0.25) is 0 Å². The minimum Gasteiger partial charge on any atom is -0.491 e. The molecule has 0 saturated carbocycles. The monoisotopic (exact) mass is 572 g/mol. The van der Waals surface area contributed by atoms with Gasteiger partial charge in [-0.2, -0.15) is 0 Å². The van der Waals surface area contributed by atoms with Crippen LogP contribution in [0.3, 0.4) is 0 Å². The topological polar surface area (TPSA) is 93.7 Å². The van der Waals surface area contributed by atoms with E-state index in [0.29, 0.717) is 23.8 Å². The van der Waals surface area contributed by atoms with Gasteiger partial charge in [0.1, 0.15) is 28.5 Å². The number of benzene rings is 2. The van der Waals surface area contributed by atoms with Gasteiger partial charge in [-0.25, -0.2) is 18.4 Å². The lowest BCUT2D eigenvalue weighted by Crippen LogP contribution is -2.35. The molecule has 8 nitrogen and oxygen atoms in total. The van der Waals surface area contributed by atoms with Crippen molar-refractivity contribution in [2.24, 2.45) is 0 Å². The number of para-hydroxylation sites is 1. The fraction of sp³-hybridized carbons (Fsp3) is 0.448. The Labute approximate surface area is 236 Å². The minimum atomic E-state index is -3.51. The quantitative estimate of drug-likeness (QED) is 0.320. The fourth-order valence-corrected chi connectivity index (χ4v) is 5.70. The summed E-state index contributed by atoms with van der Waals surface area (Å²) >= 11 is 6.42. The SMILES string of the molecule is CC(C)Oc1cc(OC2CCN(C)CC2)ccc1Cc1ncc(Cl)c(Nc2ccccc2S(=O)(=O)C(C)C)n1. The molecule has 10 heteroatoms.